The highest BCUT2D eigenvalue weighted by Crippen LogP contribution is 2.17. The molecule has 17 heavy (non-hydrogen) atoms. The van der Waals surface area contributed by atoms with Gasteiger partial charge in [0.25, 0.3) is 0 Å². The monoisotopic (exact) mass is 257 g/mol. The van der Waals surface area contributed by atoms with Crippen molar-refractivity contribution >= 4 is 14.3 Å². The number of esters is 1. The minimum absolute atomic E-state index is 0.161. The predicted octanol–water partition coefficient (Wildman–Crippen LogP) is 2.71. The highest BCUT2D eigenvalue weighted by molar-refractivity contribution is 6.69. The topological polar surface area (TPSA) is 59.3 Å². The van der Waals surface area contributed by atoms with Gasteiger partial charge in [0.15, 0.2) is 8.32 Å². The summed E-state index contributed by atoms with van der Waals surface area (Å²) in [7, 11) is -1.72. The molecule has 0 aromatic rings. The fourth-order valence-corrected chi connectivity index (χ4v) is 2.27. The maximum Gasteiger partial charge on any atom is 0.311 e. The van der Waals surface area contributed by atoms with E-state index in [0.717, 1.165) is 0 Å². The molecule has 0 spiro atoms. The van der Waals surface area contributed by atoms with E-state index in [9.17, 15) is 4.79 Å². The molecule has 98 valence electrons. The van der Waals surface area contributed by atoms with Crippen LogP contribution in [-0.4, -0.2) is 27.0 Å². The number of nitrogens with zero attached hydrogens (tertiary/aromatic N) is 1. The molecule has 0 saturated carbocycles. The van der Waals surface area contributed by atoms with E-state index < -0.39 is 13.7 Å². The second-order valence-corrected chi connectivity index (χ2v) is 10.5. The van der Waals surface area contributed by atoms with Crippen molar-refractivity contribution < 1.29 is 14.0 Å². The molecule has 0 aliphatic rings. The summed E-state index contributed by atoms with van der Waals surface area (Å²) in [6.07, 6.45) is -0.0558. The van der Waals surface area contributed by atoms with Crippen LogP contribution in [0.15, 0.2) is 0 Å². The molecule has 4 nitrogen and oxygen atoms in total. The maximum atomic E-state index is 11.6. The smallest absolute Gasteiger partial charge is 0.311 e. The fraction of sp³-hybridized carbons (Fsp3) is 0.833. The molecule has 1 atom stereocenters. The van der Waals surface area contributed by atoms with Crippen LogP contribution in [0, 0.1) is 16.7 Å². The van der Waals surface area contributed by atoms with E-state index in [4.69, 9.17) is 14.4 Å². The minimum Gasteiger partial charge on any atom is -0.463 e. The Morgan fingerprint density at radius 3 is 2.24 bits per heavy atom. The third-order valence-corrected chi connectivity index (χ3v) is 2.89. The van der Waals surface area contributed by atoms with Crippen LogP contribution in [0.5, 0.6) is 0 Å². The van der Waals surface area contributed by atoms with Crippen LogP contribution in [0.2, 0.25) is 19.6 Å². The Labute approximate surface area is 105 Å². The Kier molecular flexibility index (Phi) is 5.86. The predicted molar refractivity (Wildman–Crippen MR) is 68.9 cm³/mol. The van der Waals surface area contributed by atoms with E-state index in [1.807, 2.05) is 19.6 Å². The first-order chi connectivity index (χ1) is 7.56. The van der Waals surface area contributed by atoms with Gasteiger partial charge in [0, 0.05) is 0 Å². The molecule has 0 aliphatic heterocycles. The normalized spacial score (nSPS) is 13.9. The van der Waals surface area contributed by atoms with Crippen LogP contribution in [0.4, 0.5) is 0 Å². The molecule has 0 fully saturated rings. The van der Waals surface area contributed by atoms with Crippen molar-refractivity contribution in [2.75, 3.05) is 6.61 Å². The van der Waals surface area contributed by atoms with Crippen molar-refractivity contribution in [3.63, 3.8) is 0 Å². The fourth-order valence-electron chi connectivity index (χ4n) is 1.12. The van der Waals surface area contributed by atoms with Crippen molar-refractivity contribution in [3.05, 3.63) is 0 Å². The molecular formula is C12H23NO3Si. The van der Waals surface area contributed by atoms with Gasteiger partial charge in [-0.25, -0.2) is 0 Å². The summed E-state index contributed by atoms with van der Waals surface area (Å²) < 4.78 is 11.0. The Bertz CT molecular complexity index is 296. The van der Waals surface area contributed by atoms with E-state index in [-0.39, 0.29) is 25.1 Å². The highest BCUT2D eigenvalue weighted by atomic mass is 28.4. The lowest BCUT2D eigenvalue weighted by Gasteiger charge is -2.25. The summed E-state index contributed by atoms with van der Waals surface area (Å²) in [5.41, 5.74) is -0.518. The van der Waals surface area contributed by atoms with Gasteiger partial charge < -0.3 is 9.16 Å². The SMILES string of the molecule is CC(C)(C)C(=O)OCC(CC#N)O[Si](C)(C)C. The first-order valence-corrected chi connectivity index (χ1v) is 9.19. The second-order valence-electron chi connectivity index (χ2n) is 6.06. The number of nitriles is 1. The van der Waals surface area contributed by atoms with Gasteiger partial charge >= 0.3 is 5.97 Å². The highest BCUT2D eigenvalue weighted by Gasteiger charge is 2.26. The van der Waals surface area contributed by atoms with Crippen LogP contribution < -0.4 is 0 Å². The number of hydrogen-bond donors (Lipinski definition) is 0. The van der Waals surface area contributed by atoms with Crippen LogP contribution in [0.25, 0.3) is 0 Å². The molecule has 0 saturated heterocycles. The maximum absolute atomic E-state index is 11.6. The summed E-state index contributed by atoms with van der Waals surface area (Å²) in [5.74, 6) is -0.264. The van der Waals surface area contributed by atoms with E-state index in [0.29, 0.717) is 0 Å². The Hall–Kier alpha value is -0.863. The summed E-state index contributed by atoms with van der Waals surface area (Å²) in [6, 6.07) is 2.06. The molecule has 0 aromatic carbocycles. The summed E-state index contributed by atoms with van der Waals surface area (Å²) >= 11 is 0. The van der Waals surface area contributed by atoms with E-state index in [2.05, 4.69) is 6.07 Å². The number of carbonyl (C=O) groups excluding carboxylic acids is 1. The van der Waals surface area contributed by atoms with Gasteiger partial charge in [0.1, 0.15) is 6.61 Å². The Balaban J connectivity index is 4.29. The molecule has 0 bridgehead atoms. The third-order valence-electron chi connectivity index (χ3n) is 1.85. The van der Waals surface area contributed by atoms with Gasteiger partial charge in [-0.15, -0.1) is 0 Å². The molecule has 0 aromatic heterocycles. The molecule has 0 heterocycles. The average molecular weight is 257 g/mol. The van der Waals surface area contributed by atoms with Gasteiger partial charge in [-0.2, -0.15) is 5.26 Å². The molecule has 1 unspecified atom stereocenters. The second kappa shape index (κ2) is 6.17. The third kappa shape index (κ3) is 7.94. The van der Waals surface area contributed by atoms with Gasteiger partial charge in [0.05, 0.1) is 24.0 Å². The van der Waals surface area contributed by atoms with E-state index in [1.165, 1.54) is 0 Å². The molecule has 0 aliphatic carbocycles. The van der Waals surface area contributed by atoms with Gasteiger partial charge in [-0.3, -0.25) is 4.79 Å². The van der Waals surface area contributed by atoms with Crippen LogP contribution in [0.3, 0.4) is 0 Å². The van der Waals surface area contributed by atoms with E-state index in [1.54, 1.807) is 20.8 Å². The van der Waals surface area contributed by atoms with Gasteiger partial charge in [-0.05, 0) is 40.4 Å². The Morgan fingerprint density at radius 1 is 1.35 bits per heavy atom. The summed E-state index contributed by atoms with van der Waals surface area (Å²) in [5, 5.41) is 8.70. The standard InChI is InChI=1S/C12H23NO3Si/c1-12(2,3)11(14)15-9-10(7-8-13)16-17(4,5)6/h10H,7,9H2,1-6H3. The van der Waals surface area contributed by atoms with Crippen molar-refractivity contribution in [1.29, 1.82) is 5.26 Å². The molecule has 0 amide bonds. The van der Waals surface area contributed by atoms with Crippen molar-refractivity contribution in [2.45, 2.75) is 52.9 Å². The van der Waals surface area contributed by atoms with Crippen molar-refractivity contribution in [1.82, 2.24) is 0 Å². The van der Waals surface area contributed by atoms with Gasteiger partial charge in [-0.1, -0.05) is 0 Å². The van der Waals surface area contributed by atoms with E-state index >= 15 is 0 Å². The number of carbonyl (C=O) groups is 1. The molecule has 0 N–H and O–H groups in total. The quantitative estimate of drug-likeness (QED) is 0.561. The zero-order chi connectivity index (χ0) is 13.7. The minimum atomic E-state index is -1.72. The lowest BCUT2D eigenvalue weighted by molar-refractivity contribution is -0.155. The van der Waals surface area contributed by atoms with Crippen LogP contribution in [-0.2, 0) is 14.0 Å². The zero-order valence-electron chi connectivity index (χ0n) is 11.7. The number of rotatable bonds is 5. The van der Waals surface area contributed by atoms with Crippen molar-refractivity contribution in [2.24, 2.45) is 5.41 Å². The Morgan fingerprint density at radius 2 is 1.88 bits per heavy atom. The van der Waals surface area contributed by atoms with Crippen LogP contribution >= 0.6 is 0 Å². The van der Waals surface area contributed by atoms with Gasteiger partial charge in [0.2, 0.25) is 0 Å². The number of hydrogen-bond acceptors (Lipinski definition) is 4. The lowest BCUT2D eigenvalue weighted by atomic mass is 9.97. The molecule has 0 radical (unpaired) electrons. The molecule has 0 rings (SSSR count). The largest absolute Gasteiger partial charge is 0.463 e. The molecule has 5 heteroatoms. The lowest BCUT2D eigenvalue weighted by Crippen LogP contribution is -2.36. The first kappa shape index (κ1) is 16.1. The summed E-state index contributed by atoms with van der Waals surface area (Å²) in [6.45, 7) is 11.7. The average Bonchev–Trinajstić information content (AvgIpc) is 2.10. The zero-order valence-corrected chi connectivity index (χ0v) is 12.7. The molecular weight excluding hydrogens is 234 g/mol. The first-order valence-electron chi connectivity index (χ1n) is 5.78. The van der Waals surface area contributed by atoms with Crippen LogP contribution in [0.1, 0.15) is 27.2 Å². The number of ether oxygens (including phenoxy) is 1. The summed E-state index contributed by atoms with van der Waals surface area (Å²) in [4.78, 5) is 11.6. The van der Waals surface area contributed by atoms with Crippen molar-refractivity contribution in [3.8, 4) is 6.07 Å².